The first kappa shape index (κ1) is 28.1. The molecule has 39 heavy (non-hydrogen) atoms. The van der Waals surface area contributed by atoms with Crippen molar-refractivity contribution in [2.75, 3.05) is 6.73 Å². The third kappa shape index (κ3) is 6.94. The van der Waals surface area contributed by atoms with Crippen LogP contribution in [0.25, 0.3) is 0 Å². The maximum atomic E-state index is 13.3. The molecule has 0 aromatic heterocycles. The SMILES string of the molecule is O=C(Cc1ccccc1)N[C@@H]1C(=O)N(CO)[C@@H]1SC(C(=O)OCc1ccc([N+](=O)[O-])cc1)c1ccc(Cl)cc1. The van der Waals surface area contributed by atoms with Gasteiger partial charge in [-0.25, -0.2) is 0 Å². The zero-order valence-electron chi connectivity index (χ0n) is 20.4. The number of thioether (sulfide) groups is 1. The van der Waals surface area contributed by atoms with E-state index in [1.165, 1.54) is 24.3 Å². The molecule has 0 spiro atoms. The highest BCUT2D eigenvalue weighted by atomic mass is 35.5. The number of amides is 2. The Balaban J connectivity index is 1.49. The third-order valence-corrected chi connectivity index (χ3v) is 7.80. The van der Waals surface area contributed by atoms with Crippen LogP contribution in [0.1, 0.15) is 21.9 Å². The van der Waals surface area contributed by atoms with Crippen molar-refractivity contribution >= 4 is 46.8 Å². The second kappa shape index (κ2) is 12.7. The van der Waals surface area contributed by atoms with E-state index in [-0.39, 0.29) is 24.6 Å². The summed E-state index contributed by atoms with van der Waals surface area (Å²) in [7, 11) is 0. The number of aliphatic hydroxyl groups is 1. The molecular weight excluding hydrogens is 546 g/mol. The molecule has 12 heteroatoms. The molecule has 3 aromatic rings. The van der Waals surface area contributed by atoms with Gasteiger partial charge in [0, 0.05) is 17.2 Å². The summed E-state index contributed by atoms with van der Waals surface area (Å²) in [6.45, 7) is -0.723. The Morgan fingerprint density at radius 3 is 2.33 bits per heavy atom. The van der Waals surface area contributed by atoms with Crippen LogP contribution in [0.5, 0.6) is 0 Å². The van der Waals surface area contributed by atoms with Crippen molar-refractivity contribution in [2.24, 2.45) is 0 Å². The van der Waals surface area contributed by atoms with E-state index in [1.54, 1.807) is 36.4 Å². The van der Waals surface area contributed by atoms with Gasteiger partial charge in [-0.05, 0) is 41.0 Å². The van der Waals surface area contributed by atoms with E-state index in [1.807, 2.05) is 18.2 Å². The molecule has 0 aliphatic carbocycles. The molecule has 3 atom stereocenters. The number of nitro groups is 1. The number of ether oxygens (including phenoxy) is 1. The number of hydrogen-bond donors (Lipinski definition) is 2. The molecule has 202 valence electrons. The first-order chi connectivity index (χ1) is 18.8. The van der Waals surface area contributed by atoms with Crippen LogP contribution < -0.4 is 5.32 Å². The number of β-lactam (4-membered cyclic amide) rings is 1. The van der Waals surface area contributed by atoms with Crippen molar-refractivity contribution in [1.29, 1.82) is 0 Å². The lowest BCUT2D eigenvalue weighted by Crippen LogP contribution is -2.69. The van der Waals surface area contributed by atoms with Crippen LogP contribution >= 0.6 is 23.4 Å². The van der Waals surface area contributed by atoms with E-state index >= 15 is 0 Å². The number of carbonyl (C=O) groups is 3. The topological polar surface area (TPSA) is 139 Å². The van der Waals surface area contributed by atoms with Gasteiger partial charge in [-0.3, -0.25) is 24.5 Å². The summed E-state index contributed by atoms with van der Waals surface area (Å²) >= 11 is 7.08. The van der Waals surface area contributed by atoms with Gasteiger partial charge in [0.2, 0.25) is 5.91 Å². The zero-order chi connectivity index (χ0) is 27.9. The normalized spacial score (nSPS) is 17.2. The first-order valence-corrected chi connectivity index (χ1v) is 13.1. The van der Waals surface area contributed by atoms with Crippen LogP contribution in [-0.2, 0) is 32.1 Å². The number of halogens is 1. The average Bonchev–Trinajstić information content (AvgIpc) is 2.94. The van der Waals surface area contributed by atoms with Gasteiger partial charge in [0.15, 0.2) is 0 Å². The second-order valence-corrected chi connectivity index (χ2v) is 10.3. The number of nitro benzene ring substituents is 1. The minimum atomic E-state index is -0.948. The molecule has 1 aliphatic rings. The predicted octanol–water partition coefficient (Wildman–Crippen LogP) is 3.61. The Morgan fingerprint density at radius 2 is 1.72 bits per heavy atom. The summed E-state index contributed by atoms with van der Waals surface area (Å²) in [5, 5.41) is 22.2. The van der Waals surface area contributed by atoms with Gasteiger partial charge < -0.3 is 20.1 Å². The molecular formula is C27H24ClN3O7S. The summed E-state index contributed by atoms with van der Waals surface area (Å²) in [4.78, 5) is 50.1. The standard InChI is InChI=1S/C27H24ClN3O7S/c28-20-10-8-19(9-11-20)24(27(35)38-15-18-6-12-21(13-7-18)31(36)37)39-26-23(25(34)30(26)16-32)29-22(33)14-17-4-2-1-3-5-17/h1-13,23-24,26,32H,14-16H2,(H,29,33)/t23-,24?,26-/m1/s1. The fraction of sp³-hybridized carbons (Fsp3) is 0.222. The number of likely N-dealkylation sites (tertiary alicyclic amines) is 1. The summed E-state index contributed by atoms with van der Waals surface area (Å²) in [5.74, 6) is -1.47. The molecule has 1 heterocycles. The van der Waals surface area contributed by atoms with Gasteiger partial charge in [0.25, 0.3) is 11.6 Å². The van der Waals surface area contributed by atoms with E-state index in [0.29, 0.717) is 16.1 Å². The molecule has 1 aliphatic heterocycles. The molecule has 4 rings (SSSR count). The van der Waals surface area contributed by atoms with Gasteiger partial charge in [-0.15, -0.1) is 11.8 Å². The summed E-state index contributed by atoms with van der Waals surface area (Å²) in [6.07, 6.45) is 0.0685. The number of hydrogen-bond acceptors (Lipinski definition) is 8. The number of non-ortho nitro benzene ring substituents is 1. The number of nitrogens with one attached hydrogen (secondary N) is 1. The molecule has 2 N–H and O–H groups in total. The Morgan fingerprint density at radius 1 is 1.05 bits per heavy atom. The zero-order valence-corrected chi connectivity index (χ0v) is 22.0. The van der Waals surface area contributed by atoms with Gasteiger partial charge >= 0.3 is 5.97 Å². The number of aliphatic hydroxyl groups excluding tert-OH is 1. The monoisotopic (exact) mass is 569 g/mol. The molecule has 1 saturated heterocycles. The Bertz CT molecular complexity index is 1340. The van der Waals surface area contributed by atoms with E-state index in [4.69, 9.17) is 16.3 Å². The van der Waals surface area contributed by atoms with Crippen LogP contribution in [0.2, 0.25) is 5.02 Å². The number of benzene rings is 3. The summed E-state index contributed by atoms with van der Waals surface area (Å²) in [6, 6.07) is 20.2. The lowest BCUT2D eigenvalue weighted by molar-refractivity contribution is -0.384. The molecule has 0 saturated carbocycles. The van der Waals surface area contributed by atoms with Crippen LogP contribution in [0.15, 0.2) is 78.9 Å². The quantitative estimate of drug-likeness (QED) is 0.154. The minimum Gasteiger partial charge on any atom is -0.460 e. The van der Waals surface area contributed by atoms with Crippen molar-refractivity contribution in [2.45, 2.75) is 29.7 Å². The summed E-state index contributed by atoms with van der Waals surface area (Å²) < 4.78 is 5.52. The molecule has 3 aromatic carbocycles. The fourth-order valence-electron chi connectivity index (χ4n) is 3.96. The van der Waals surface area contributed by atoms with E-state index < -0.39 is 40.2 Å². The number of nitrogens with zero attached hydrogens (tertiary/aromatic N) is 2. The lowest BCUT2D eigenvalue weighted by atomic mass is 10.1. The van der Waals surface area contributed by atoms with Crippen LogP contribution in [-0.4, -0.2) is 50.9 Å². The van der Waals surface area contributed by atoms with Gasteiger partial charge in [0.1, 0.15) is 30.0 Å². The molecule has 2 amide bonds. The first-order valence-electron chi connectivity index (χ1n) is 11.8. The van der Waals surface area contributed by atoms with Crippen molar-refractivity contribution < 1.29 is 29.2 Å². The smallest absolute Gasteiger partial charge is 0.324 e. The van der Waals surface area contributed by atoms with E-state index in [0.717, 1.165) is 22.2 Å². The Labute approximate surface area is 233 Å². The highest BCUT2D eigenvalue weighted by Crippen LogP contribution is 2.41. The number of carbonyl (C=O) groups excluding carboxylic acids is 3. The number of esters is 1. The molecule has 1 unspecified atom stereocenters. The fourth-order valence-corrected chi connectivity index (χ4v) is 5.51. The highest BCUT2D eigenvalue weighted by Gasteiger charge is 2.50. The minimum absolute atomic E-state index is 0.0685. The summed E-state index contributed by atoms with van der Waals surface area (Å²) in [5.41, 5.74) is 1.79. The number of rotatable bonds is 11. The van der Waals surface area contributed by atoms with E-state index in [2.05, 4.69) is 5.32 Å². The van der Waals surface area contributed by atoms with Gasteiger partial charge in [-0.2, -0.15) is 0 Å². The Hall–Kier alpha value is -3.93. The largest absolute Gasteiger partial charge is 0.460 e. The van der Waals surface area contributed by atoms with Crippen LogP contribution in [0.3, 0.4) is 0 Å². The third-order valence-electron chi connectivity index (χ3n) is 6.01. The van der Waals surface area contributed by atoms with Crippen LogP contribution in [0, 0.1) is 10.1 Å². The van der Waals surface area contributed by atoms with E-state index in [9.17, 15) is 29.6 Å². The van der Waals surface area contributed by atoms with Crippen molar-refractivity contribution in [3.63, 3.8) is 0 Å². The predicted molar refractivity (Wildman–Crippen MR) is 144 cm³/mol. The van der Waals surface area contributed by atoms with Crippen molar-refractivity contribution in [3.8, 4) is 0 Å². The van der Waals surface area contributed by atoms with Crippen molar-refractivity contribution in [3.05, 3.63) is 111 Å². The van der Waals surface area contributed by atoms with Crippen LogP contribution in [0.4, 0.5) is 5.69 Å². The molecule has 1 fully saturated rings. The lowest BCUT2D eigenvalue weighted by Gasteiger charge is -2.46. The van der Waals surface area contributed by atoms with Gasteiger partial charge in [0.05, 0.1) is 11.3 Å². The molecule has 0 radical (unpaired) electrons. The average molecular weight is 570 g/mol. The Kier molecular flexibility index (Phi) is 9.18. The maximum absolute atomic E-state index is 13.3. The maximum Gasteiger partial charge on any atom is 0.324 e. The van der Waals surface area contributed by atoms with Crippen molar-refractivity contribution in [1.82, 2.24) is 10.2 Å². The second-order valence-electron chi connectivity index (χ2n) is 8.65. The van der Waals surface area contributed by atoms with Gasteiger partial charge in [-0.1, -0.05) is 54.1 Å². The molecule has 0 bridgehead atoms. The molecule has 10 nitrogen and oxygen atoms in total. The highest BCUT2D eigenvalue weighted by molar-refractivity contribution is 8.00.